The van der Waals surface area contributed by atoms with E-state index >= 15 is 0 Å². The Kier molecular flexibility index (Phi) is 21.6. The molecule has 0 aliphatic carbocycles. The quantitative estimate of drug-likeness (QED) is 0.0330. The molecule has 4 rings (SSSR count). The van der Waals surface area contributed by atoms with Gasteiger partial charge in [-0.2, -0.15) is 0 Å². The number of guanidine groups is 2. The molecule has 382 valence electrons. The number of hydrogen-bond donors (Lipinski definition) is 14. The van der Waals surface area contributed by atoms with Gasteiger partial charge in [-0.05, 0) is 70.1 Å². The number of rotatable bonds is 16. The number of carboxylic acids is 1. The van der Waals surface area contributed by atoms with Crippen molar-refractivity contribution in [2.45, 2.75) is 119 Å². The third-order valence-electron chi connectivity index (χ3n) is 11.2. The lowest BCUT2D eigenvalue weighted by Gasteiger charge is -2.32. The second kappa shape index (κ2) is 27.0. The minimum absolute atomic E-state index is 0.0546. The smallest absolute Gasteiger partial charge is 0.327 e. The molecular formula is C45H66N14O9S2. The topological polar surface area (TPSA) is 403 Å². The number of para-hydroxylation sites is 1. The van der Waals surface area contributed by atoms with E-state index in [1.165, 1.54) is 6.92 Å². The fourth-order valence-electron chi connectivity index (χ4n) is 7.41. The van der Waals surface area contributed by atoms with Crippen molar-refractivity contribution in [2.75, 3.05) is 18.8 Å². The Morgan fingerprint density at radius 3 is 2.03 bits per heavy atom. The summed E-state index contributed by atoms with van der Waals surface area (Å²) in [6, 6.07) is 6.07. The number of aromatic nitrogens is 1. The largest absolute Gasteiger partial charge is 0.480 e. The Hall–Kier alpha value is -6.57. The van der Waals surface area contributed by atoms with E-state index in [0.29, 0.717) is 17.5 Å². The summed E-state index contributed by atoms with van der Waals surface area (Å²) < 4.78 is -1.25. The highest BCUT2D eigenvalue weighted by Crippen LogP contribution is 2.39. The number of amides is 6. The number of aliphatic hydroxyl groups excluding tert-OH is 1. The van der Waals surface area contributed by atoms with Crippen molar-refractivity contribution in [2.24, 2.45) is 38.7 Å². The summed E-state index contributed by atoms with van der Waals surface area (Å²) in [5.74, 6) is -6.67. The maximum absolute atomic E-state index is 14.5. The van der Waals surface area contributed by atoms with Gasteiger partial charge in [0.2, 0.25) is 35.4 Å². The molecule has 2 heterocycles. The zero-order valence-electron chi connectivity index (χ0n) is 39.3. The molecule has 0 spiro atoms. The van der Waals surface area contributed by atoms with Crippen molar-refractivity contribution >= 4 is 85.8 Å². The maximum atomic E-state index is 14.5. The van der Waals surface area contributed by atoms with Gasteiger partial charge in [0.05, 0.1) is 16.9 Å². The van der Waals surface area contributed by atoms with Crippen LogP contribution in [0.3, 0.4) is 0 Å². The van der Waals surface area contributed by atoms with Crippen LogP contribution in [0.15, 0.2) is 70.8 Å². The number of hydrogen-bond acceptors (Lipinski definition) is 13. The number of aromatic amines is 1. The number of nitrogens with zero attached hydrogens (tertiary/aromatic N) is 2. The average molecular weight is 1010 g/mol. The van der Waals surface area contributed by atoms with Gasteiger partial charge in [-0.15, -0.1) is 0 Å². The molecular weight excluding hydrogens is 945 g/mol. The molecule has 6 amide bonds. The van der Waals surface area contributed by atoms with Crippen LogP contribution < -0.4 is 60.6 Å². The van der Waals surface area contributed by atoms with Gasteiger partial charge in [-0.1, -0.05) is 70.1 Å². The maximum Gasteiger partial charge on any atom is 0.327 e. The van der Waals surface area contributed by atoms with E-state index in [1.54, 1.807) is 56.4 Å². The molecule has 0 saturated carbocycles. The van der Waals surface area contributed by atoms with E-state index in [9.17, 15) is 43.8 Å². The molecule has 25 heteroatoms. The van der Waals surface area contributed by atoms with E-state index in [-0.39, 0.29) is 69.3 Å². The first-order valence-corrected chi connectivity index (χ1v) is 25.0. The van der Waals surface area contributed by atoms with Gasteiger partial charge in [0.15, 0.2) is 11.9 Å². The average Bonchev–Trinajstić information content (AvgIpc) is 3.71. The van der Waals surface area contributed by atoms with Gasteiger partial charge in [-0.3, -0.25) is 38.8 Å². The van der Waals surface area contributed by atoms with Crippen molar-refractivity contribution in [3.8, 4) is 0 Å². The Balaban J connectivity index is 1.78. The number of carboxylic acid groups (broad SMARTS) is 1. The standard InChI is InChI=1S/C45H66N14O9S2/c1-24(60)34-41(66)57-32(21-25-11-5-4-6-12-25)39(64)55-30(16-10-19-52-44(49)50)37(62)56-33(22-26-23-53-29-15-8-7-13-27(26)29)40(65)59-35(42(67)68)45(2,3)70-69-20-17-31(38(63)58-34)54-36(61)28(46)14-9-18-51-43(47)48/h4-8,11-13,15,23-24,28,30-35,53,60H,9-10,14,16-22,46H2,1-3H3,(H,54,61)(H,55,64)(H,56,62)(H,57,66)(H,58,63)(H,59,65)(H,67,68)(H4,47,48,51)(H4,49,50,52)/t24-,28+,30+,31+,32-,33+,34+,35-/m1/s1. The number of nitrogens with two attached hydrogens (primary N) is 5. The number of nitrogens with one attached hydrogen (secondary N) is 7. The summed E-state index contributed by atoms with van der Waals surface area (Å²) in [4.78, 5) is 109. The summed E-state index contributed by atoms with van der Waals surface area (Å²) in [6.45, 7) is 4.70. The summed E-state index contributed by atoms with van der Waals surface area (Å²) in [6.07, 6.45) is 0.410. The molecule has 19 N–H and O–H groups in total. The Morgan fingerprint density at radius 2 is 1.37 bits per heavy atom. The van der Waals surface area contributed by atoms with Crippen LogP contribution in [-0.2, 0) is 46.4 Å². The van der Waals surface area contributed by atoms with Crippen LogP contribution in [0, 0.1) is 0 Å². The Bertz CT molecular complexity index is 2340. The van der Waals surface area contributed by atoms with E-state index in [1.807, 2.05) is 18.2 Å². The van der Waals surface area contributed by atoms with Crippen LogP contribution in [0.4, 0.5) is 0 Å². The third-order valence-corrected chi connectivity index (χ3v) is 14.5. The van der Waals surface area contributed by atoms with Crippen molar-refractivity contribution in [1.82, 2.24) is 36.9 Å². The zero-order valence-corrected chi connectivity index (χ0v) is 40.9. The second-order valence-electron chi connectivity index (χ2n) is 17.3. The third kappa shape index (κ3) is 17.4. The normalized spacial score (nSPS) is 22.8. The fraction of sp³-hybridized carbons (Fsp3) is 0.489. The number of aliphatic imine (C=N–C) groups is 2. The molecule has 8 atom stereocenters. The van der Waals surface area contributed by atoms with Crippen molar-refractivity contribution in [1.29, 1.82) is 0 Å². The zero-order chi connectivity index (χ0) is 51.5. The van der Waals surface area contributed by atoms with Gasteiger partial charge in [0.1, 0.15) is 36.3 Å². The van der Waals surface area contributed by atoms with Crippen LogP contribution in [-0.4, -0.2) is 141 Å². The van der Waals surface area contributed by atoms with E-state index < -0.39 is 94.6 Å². The number of H-pyrrole nitrogens is 1. The highest BCUT2D eigenvalue weighted by atomic mass is 33.1. The Morgan fingerprint density at radius 1 is 0.786 bits per heavy atom. The number of carbonyl (C=O) groups excluding carboxylic acids is 6. The highest BCUT2D eigenvalue weighted by Gasteiger charge is 2.40. The molecule has 3 aromatic rings. The molecule has 1 aromatic heterocycles. The van der Waals surface area contributed by atoms with Crippen LogP contribution in [0.1, 0.15) is 64.0 Å². The van der Waals surface area contributed by atoms with Crippen LogP contribution in [0.2, 0.25) is 0 Å². The van der Waals surface area contributed by atoms with Gasteiger partial charge in [0.25, 0.3) is 0 Å². The van der Waals surface area contributed by atoms with E-state index in [4.69, 9.17) is 28.7 Å². The number of aliphatic carboxylic acids is 1. The van der Waals surface area contributed by atoms with Gasteiger partial charge >= 0.3 is 5.97 Å². The summed E-state index contributed by atoms with van der Waals surface area (Å²) in [7, 11) is 2.24. The first-order valence-electron chi connectivity index (χ1n) is 22.7. The molecule has 1 saturated heterocycles. The van der Waals surface area contributed by atoms with Crippen LogP contribution in [0.5, 0.6) is 0 Å². The monoisotopic (exact) mass is 1010 g/mol. The molecule has 0 unspecified atom stereocenters. The molecule has 23 nitrogen and oxygen atoms in total. The predicted octanol–water partition coefficient (Wildman–Crippen LogP) is -1.67. The number of aliphatic hydroxyl groups is 1. The minimum atomic E-state index is -1.67. The van der Waals surface area contributed by atoms with Gasteiger partial charge < -0.3 is 75.8 Å². The summed E-state index contributed by atoms with van der Waals surface area (Å²) >= 11 is 0. The number of fused-ring (bicyclic) bond motifs is 1. The van der Waals surface area contributed by atoms with Crippen LogP contribution in [0.25, 0.3) is 10.9 Å². The highest BCUT2D eigenvalue weighted by molar-refractivity contribution is 8.77. The second-order valence-corrected chi connectivity index (χ2v) is 20.4. The van der Waals surface area contributed by atoms with Crippen molar-refractivity contribution in [3.05, 3.63) is 71.9 Å². The van der Waals surface area contributed by atoms with Gasteiger partial charge in [-0.25, -0.2) is 4.79 Å². The van der Waals surface area contributed by atoms with Gasteiger partial charge in [0, 0.05) is 48.8 Å². The first kappa shape index (κ1) is 56.0. The van der Waals surface area contributed by atoms with E-state index in [2.05, 4.69) is 46.9 Å². The lowest BCUT2D eigenvalue weighted by atomic mass is 10.00. The van der Waals surface area contributed by atoms with Crippen molar-refractivity contribution in [3.63, 3.8) is 0 Å². The Labute approximate surface area is 413 Å². The van der Waals surface area contributed by atoms with Crippen LogP contribution >= 0.6 is 21.6 Å². The molecule has 0 radical (unpaired) electrons. The summed E-state index contributed by atoms with van der Waals surface area (Å²) in [5, 5.41) is 38.1. The molecule has 1 aliphatic heterocycles. The lowest BCUT2D eigenvalue weighted by Crippen LogP contribution is -2.62. The fourth-order valence-corrected chi connectivity index (χ4v) is 10.1. The first-order chi connectivity index (χ1) is 33.2. The number of benzene rings is 2. The molecule has 0 bridgehead atoms. The summed E-state index contributed by atoms with van der Waals surface area (Å²) in [5.41, 5.74) is 30.0. The van der Waals surface area contributed by atoms with E-state index in [0.717, 1.165) is 32.5 Å². The molecule has 1 aliphatic rings. The molecule has 1 fully saturated rings. The SMILES string of the molecule is C[C@@H](O)[C@@H]1NC(=O)[C@@H](NC(=O)[C@@H](N)CCCN=C(N)N)CCSSC(C)(C)[C@@H](C(=O)O)NC(=O)[C@H](Cc2c[nH]c3ccccc23)NC(=O)[C@H](CCCN=C(N)N)NC(=O)[C@@H](Cc2ccccc2)NC1=O. The molecule has 70 heavy (non-hydrogen) atoms. The van der Waals surface area contributed by atoms with Crippen molar-refractivity contribution < 1.29 is 43.8 Å². The number of carbonyl (C=O) groups is 7. The lowest BCUT2D eigenvalue weighted by molar-refractivity contribution is -0.143. The minimum Gasteiger partial charge on any atom is -0.480 e. The molecule has 2 aromatic carbocycles. The predicted molar refractivity (Wildman–Crippen MR) is 270 cm³/mol.